The van der Waals surface area contributed by atoms with Gasteiger partial charge in [0.25, 0.3) is 0 Å². The molecule has 0 aliphatic carbocycles. The molecule has 1 fully saturated rings. The Morgan fingerprint density at radius 2 is 1.56 bits per heavy atom. The second kappa shape index (κ2) is 9.69. The van der Waals surface area contributed by atoms with Gasteiger partial charge in [0, 0.05) is 43.6 Å². The fourth-order valence-corrected chi connectivity index (χ4v) is 5.05. The van der Waals surface area contributed by atoms with Crippen LogP contribution in [0.25, 0.3) is 0 Å². The highest BCUT2D eigenvalue weighted by Crippen LogP contribution is 2.36. The summed E-state index contributed by atoms with van der Waals surface area (Å²) in [7, 11) is 0. The van der Waals surface area contributed by atoms with Gasteiger partial charge >= 0.3 is 0 Å². The molecule has 3 heterocycles. The van der Waals surface area contributed by atoms with E-state index in [0.29, 0.717) is 18.0 Å². The Balaban J connectivity index is 1.43. The van der Waals surface area contributed by atoms with Crippen LogP contribution in [0.5, 0.6) is 0 Å². The lowest BCUT2D eigenvalue weighted by atomic mass is 9.84. The Morgan fingerprint density at radius 3 is 2.21 bits per heavy atom. The largest absolute Gasteiger partial charge is 0.467 e. The van der Waals surface area contributed by atoms with Gasteiger partial charge < -0.3 is 14.2 Å². The number of nitrogens with zero attached hydrogens (tertiary/aromatic N) is 3. The summed E-state index contributed by atoms with van der Waals surface area (Å²) in [5.41, 5.74) is 2.85. The van der Waals surface area contributed by atoms with Crippen LogP contribution in [0, 0.1) is 5.92 Å². The lowest BCUT2D eigenvalue weighted by molar-refractivity contribution is -0.144. The smallest absolute Gasteiger partial charge is 0.240 e. The lowest BCUT2D eigenvalue weighted by Crippen LogP contribution is -2.53. The Kier molecular flexibility index (Phi) is 6.32. The predicted molar refractivity (Wildman–Crippen MR) is 131 cm³/mol. The highest BCUT2D eigenvalue weighted by Gasteiger charge is 2.44. The zero-order valence-electron chi connectivity index (χ0n) is 19.3. The normalized spacial score (nSPS) is 20.4. The zero-order chi connectivity index (χ0) is 23.5. The van der Waals surface area contributed by atoms with Crippen LogP contribution in [-0.4, -0.2) is 47.7 Å². The molecule has 0 radical (unpaired) electrons. The highest BCUT2D eigenvalue weighted by molar-refractivity contribution is 6.10. The minimum Gasteiger partial charge on any atom is -0.467 e. The highest BCUT2D eigenvalue weighted by atomic mass is 16.3. The summed E-state index contributed by atoms with van der Waals surface area (Å²) in [6, 6.07) is 23.7. The first-order valence-electron chi connectivity index (χ1n) is 11.8. The van der Waals surface area contributed by atoms with E-state index < -0.39 is 5.92 Å². The van der Waals surface area contributed by atoms with Crippen LogP contribution in [0.3, 0.4) is 0 Å². The molecule has 0 spiro atoms. The fraction of sp³-hybridized carbons (Fsp3) is 0.286. The Labute approximate surface area is 200 Å². The van der Waals surface area contributed by atoms with Crippen LogP contribution >= 0.6 is 0 Å². The van der Waals surface area contributed by atoms with Crippen LogP contribution in [0.4, 0.5) is 5.69 Å². The summed E-state index contributed by atoms with van der Waals surface area (Å²) in [5.74, 6) is -0.385. The molecule has 3 aromatic rings. The van der Waals surface area contributed by atoms with E-state index in [1.807, 2.05) is 55.5 Å². The van der Waals surface area contributed by atoms with Crippen molar-refractivity contribution in [2.45, 2.75) is 19.5 Å². The van der Waals surface area contributed by atoms with Crippen molar-refractivity contribution in [3.05, 3.63) is 102 Å². The third-order valence-corrected chi connectivity index (χ3v) is 6.80. The van der Waals surface area contributed by atoms with Crippen molar-refractivity contribution in [3.8, 4) is 0 Å². The molecule has 1 aromatic heterocycles. The van der Waals surface area contributed by atoms with Gasteiger partial charge in [0.05, 0.1) is 18.8 Å². The molecule has 1 saturated heterocycles. The molecule has 0 saturated carbocycles. The summed E-state index contributed by atoms with van der Waals surface area (Å²) in [6.07, 6.45) is 3.22. The number of allylic oxidation sites excluding steroid dienone is 2. The number of hydrogen-bond acceptors (Lipinski definition) is 5. The molecule has 2 aliphatic heterocycles. The van der Waals surface area contributed by atoms with Crippen LogP contribution in [-0.2, 0) is 16.1 Å². The molecule has 5 rings (SSSR count). The number of rotatable bonds is 6. The van der Waals surface area contributed by atoms with Gasteiger partial charge in [-0.05, 0) is 36.8 Å². The summed E-state index contributed by atoms with van der Waals surface area (Å²) in [5, 5.41) is 0. The summed E-state index contributed by atoms with van der Waals surface area (Å²) in [6.45, 7) is 5.35. The van der Waals surface area contributed by atoms with Crippen molar-refractivity contribution >= 4 is 17.4 Å². The number of carbonyl (C=O) groups excluding carboxylic acids is 2. The number of anilines is 1. The first kappa shape index (κ1) is 22.2. The number of amides is 1. The van der Waals surface area contributed by atoms with Crippen LogP contribution in [0.2, 0.25) is 0 Å². The Hall–Kier alpha value is -3.64. The van der Waals surface area contributed by atoms with E-state index in [2.05, 4.69) is 34.1 Å². The number of hydrogen-bond donors (Lipinski definition) is 0. The van der Waals surface area contributed by atoms with E-state index in [1.165, 1.54) is 5.69 Å². The maximum absolute atomic E-state index is 13.8. The maximum Gasteiger partial charge on any atom is 0.240 e. The van der Waals surface area contributed by atoms with Crippen molar-refractivity contribution in [3.63, 3.8) is 0 Å². The van der Waals surface area contributed by atoms with Crippen molar-refractivity contribution in [1.82, 2.24) is 9.80 Å². The molecule has 2 aromatic carbocycles. The molecule has 2 atom stereocenters. The second-order valence-electron chi connectivity index (χ2n) is 8.88. The van der Waals surface area contributed by atoms with Gasteiger partial charge in [0.1, 0.15) is 11.7 Å². The van der Waals surface area contributed by atoms with Crippen molar-refractivity contribution in [2.24, 2.45) is 5.92 Å². The zero-order valence-corrected chi connectivity index (χ0v) is 19.3. The molecule has 6 nitrogen and oxygen atoms in total. The van der Waals surface area contributed by atoms with Gasteiger partial charge in [-0.3, -0.25) is 14.5 Å². The third-order valence-electron chi connectivity index (χ3n) is 6.80. The van der Waals surface area contributed by atoms with E-state index in [9.17, 15) is 9.59 Å². The summed E-state index contributed by atoms with van der Waals surface area (Å²) in [4.78, 5) is 33.5. The Bertz CT molecular complexity index is 1150. The third kappa shape index (κ3) is 4.41. The molecule has 0 bridgehead atoms. The van der Waals surface area contributed by atoms with Crippen LogP contribution in [0.1, 0.15) is 24.3 Å². The van der Waals surface area contributed by atoms with E-state index in [1.54, 1.807) is 17.2 Å². The number of para-hydroxylation sites is 1. The summed E-state index contributed by atoms with van der Waals surface area (Å²) < 4.78 is 5.49. The van der Waals surface area contributed by atoms with E-state index >= 15 is 0 Å². The molecule has 34 heavy (non-hydrogen) atoms. The number of piperazine rings is 1. The van der Waals surface area contributed by atoms with E-state index in [4.69, 9.17) is 4.42 Å². The van der Waals surface area contributed by atoms with E-state index in [0.717, 1.165) is 31.7 Å². The molecular formula is C28H29N3O3. The van der Waals surface area contributed by atoms with Crippen LogP contribution in [0.15, 0.2) is 95.2 Å². The molecular weight excluding hydrogens is 426 g/mol. The van der Waals surface area contributed by atoms with Gasteiger partial charge in [0.15, 0.2) is 5.78 Å². The topological polar surface area (TPSA) is 57.0 Å². The summed E-state index contributed by atoms with van der Waals surface area (Å²) >= 11 is 0. The maximum atomic E-state index is 13.8. The second-order valence-corrected chi connectivity index (χ2v) is 8.88. The van der Waals surface area contributed by atoms with Crippen molar-refractivity contribution < 1.29 is 14.0 Å². The van der Waals surface area contributed by atoms with Crippen molar-refractivity contribution in [1.29, 1.82) is 0 Å². The molecule has 1 amide bonds. The van der Waals surface area contributed by atoms with Gasteiger partial charge in [0.2, 0.25) is 5.91 Å². The predicted octanol–water partition coefficient (Wildman–Crippen LogP) is 4.27. The van der Waals surface area contributed by atoms with Gasteiger partial charge in [-0.15, -0.1) is 0 Å². The van der Waals surface area contributed by atoms with Crippen LogP contribution < -0.4 is 4.90 Å². The average molecular weight is 456 g/mol. The lowest BCUT2D eigenvalue weighted by Gasteiger charge is -2.44. The van der Waals surface area contributed by atoms with Gasteiger partial charge in [-0.1, -0.05) is 48.5 Å². The minimum absolute atomic E-state index is 0.127. The quantitative estimate of drug-likeness (QED) is 0.520. The molecule has 174 valence electrons. The van der Waals surface area contributed by atoms with Crippen molar-refractivity contribution in [2.75, 3.05) is 31.1 Å². The van der Waals surface area contributed by atoms with Gasteiger partial charge in [-0.2, -0.15) is 0 Å². The SMILES string of the molecule is CC1=CC(=O)C(C(c2ccccc2)N2CCN(c3ccccc3)CC2)C(=O)N1Cc1ccco1. The number of carbonyl (C=O) groups is 2. The standard InChI is InChI=1S/C28H29N3O3/c1-21-19-25(32)26(28(33)31(21)20-24-13-8-18-34-24)27(22-9-4-2-5-10-22)30-16-14-29(15-17-30)23-11-6-3-7-12-23/h2-13,18-19,26-27H,14-17,20H2,1H3. The van der Waals surface area contributed by atoms with Gasteiger partial charge in [-0.25, -0.2) is 0 Å². The number of benzene rings is 2. The molecule has 6 heteroatoms. The molecule has 0 N–H and O–H groups in total. The minimum atomic E-state index is -0.788. The molecule has 2 unspecified atom stereocenters. The first-order valence-corrected chi connectivity index (χ1v) is 11.8. The number of ketones is 1. The first-order chi connectivity index (χ1) is 16.6. The Morgan fingerprint density at radius 1 is 0.882 bits per heavy atom. The monoisotopic (exact) mass is 455 g/mol. The van der Waals surface area contributed by atoms with E-state index in [-0.39, 0.29) is 17.7 Å². The average Bonchev–Trinajstić information content (AvgIpc) is 3.39. The fourth-order valence-electron chi connectivity index (χ4n) is 5.05. The number of furan rings is 1. The molecule has 2 aliphatic rings.